The van der Waals surface area contributed by atoms with Crippen LogP contribution in [0, 0.1) is 5.82 Å². The molecule has 0 aromatic heterocycles. The van der Waals surface area contributed by atoms with Crippen molar-refractivity contribution in [3.63, 3.8) is 0 Å². The minimum absolute atomic E-state index is 0.315. The molecule has 1 aromatic carbocycles. The number of fused-ring (bicyclic) bond motifs is 2. The second-order valence-corrected chi connectivity index (χ2v) is 5.65. The molecule has 4 heteroatoms. The van der Waals surface area contributed by atoms with Crippen LogP contribution in [0.5, 0.6) is 5.75 Å². The van der Waals surface area contributed by atoms with Crippen LogP contribution >= 0.6 is 0 Å². The predicted octanol–water partition coefficient (Wildman–Crippen LogP) is 2.33. The Kier molecular flexibility index (Phi) is 3.23. The van der Waals surface area contributed by atoms with Crippen LogP contribution in [0.15, 0.2) is 18.2 Å². The van der Waals surface area contributed by atoms with Gasteiger partial charge in [-0.05, 0) is 44.7 Å². The molecule has 0 radical (unpaired) electrons. The Bertz CT molecular complexity index is 465. The van der Waals surface area contributed by atoms with Gasteiger partial charge in [-0.15, -0.1) is 0 Å². The zero-order valence-corrected chi connectivity index (χ0v) is 11.2. The number of piperidine rings is 1. The van der Waals surface area contributed by atoms with Crippen molar-refractivity contribution < 1.29 is 14.2 Å². The van der Waals surface area contributed by atoms with Crippen molar-refractivity contribution in [2.45, 2.75) is 50.3 Å². The molecule has 1 aromatic rings. The van der Waals surface area contributed by atoms with Crippen LogP contribution < -0.4 is 10.1 Å². The highest BCUT2D eigenvalue weighted by atomic mass is 19.1. The minimum Gasteiger partial charge on any atom is -0.494 e. The first-order valence-electron chi connectivity index (χ1n) is 7.02. The summed E-state index contributed by atoms with van der Waals surface area (Å²) >= 11 is 0. The molecule has 2 unspecified atom stereocenters. The molecule has 0 aliphatic carbocycles. The topological polar surface area (TPSA) is 41.5 Å². The van der Waals surface area contributed by atoms with Crippen molar-refractivity contribution in [2.24, 2.45) is 0 Å². The Labute approximate surface area is 112 Å². The number of rotatable bonds is 3. The lowest BCUT2D eigenvalue weighted by Gasteiger charge is -2.37. The van der Waals surface area contributed by atoms with E-state index >= 15 is 0 Å². The van der Waals surface area contributed by atoms with E-state index in [1.54, 1.807) is 12.1 Å². The van der Waals surface area contributed by atoms with Crippen LogP contribution in [0.3, 0.4) is 0 Å². The van der Waals surface area contributed by atoms with E-state index in [-0.39, 0.29) is 5.82 Å². The standard InChI is InChI=1S/C15H20FNO2/c1-2-19-12-5-6-13(14(16)7-12)15(18)8-10-3-4-11(9-15)17-10/h5-7,10-11,17-18H,2-4,8-9H2,1H3. The lowest BCUT2D eigenvalue weighted by Crippen LogP contribution is -2.47. The summed E-state index contributed by atoms with van der Waals surface area (Å²) in [6, 6.07) is 5.42. The average molecular weight is 265 g/mol. The van der Waals surface area contributed by atoms with Gasteiger partial charge in [0.2, 0.25) is 0 Å². The summed E-state index contributed by atoms with van der Waals surface area (Å²) in [5, 5.41) is 14.3. The van der Waals surface area contributed by atoms with Gasteiger partial charge in [-0.2, -0.15) is 0 Å². The Hall–Kier alpha value is -1.13. The number of hydrogen-bond donors (Lipinski definition) is 2. The smallest absolute Gasteiger partial charge is 0.132 e. The van der Waals surface area contributed by atoms with E-state index in [0.717, 1.165) is 12.8 Å². The monoisotopic (exact) mass is 265 g/mol. The molecule has 19 heavy (non-hydrogen) atoms. The Morgan fingerprint density at radius 1 is 1.37 bits per heavy atom. The minimum atomic E-state index is -1.04. The molecule has 3 nitrogen and oxygen atoms in total. The zero-order valence-electron chi connectivity index (χ0n) is 11.2. The number of nitrogens with one attached hydrogen (secondary N) is 1. The molecule has 2 aliphatic rings. The van der Waals surface area contributed by atoms with Gasteiger partial charge in [-0.25, -0.2) is 4.39 Å². The predicted molar refractivity (Wildman–Crippen MR) is 70.6 cm³/mol. The van der Waals surface area contributed by atoms with Crippen LogP contribution in [0.4, 0.5) is 4.39 Å². The highest BCUT2D eigenvalue weighted by Crippen LogP contribution is 2.41. The van der Waals surface area contributed by atoms with Crippen LogP contribution in [-0.2, 0) is 5.60 Å². The molecule has 3 rings (SSSR count). The van der Waals surface area contributed by atoms with Gasteiger partial charge in [0.1, 0.15) is 11.6 Å². The molecule has 2 saturated heterocycles. The van der Waals surface area contributed by atoms with Crippen molar-refractivity contribution in [1.82, 2.24) is 5.32 Å². The van der Waals surface area contributed by atoms with Gasteiger partial charge in [-0.1, -0.05) is 0 Å². The summed E-state index contributed by atoms with van der Waals surface area (Å²) in [6.07, 6.45) is 3.33. The molecule has 104 valence electrons. The SMILES string of the molecule is CCOc1ccc(C2(O)CC3CCC(C2)N3)c(F)c1. The first kappa shape index (κ1) is 12.9. The van der Waals surface area contributed by atoms with Crippen molar-refractivity contribution in [3.05, 3.63) is 29.6 Å². The van der Waals surface area contributed by atoms with Crippen molar-refractivity contribution in [2.75, 3.05) is 6.61 Å². The van der Waals surface area contributed by atoms with Crippen molar-refractivity contribution in [1.29, 1.82) is 0 Å². The first-order chi connectivity index (χ1) is 9.10. The van der Waals surface area contributed by atoms with Crippen LogP contribution in [0.2, 0.25) is 0 Å². The second-order valence-electron chi connectivity index (χ2n) is 5.65. The fraction of sp³-hybridized carbons (Fsp3) is 0.600. The summed E-state index contributed by atoms with van der Waals surface area (Å²) in [5.41, 5.74) is -0.624. The zero-order chi connectivity index (χ0) is 13.5. The van der Waals surface area contributed by atoms with Gasteiger partial charge in [0.05, 0.1) is 12.2 Å². The van der Waals surface area contributed by atoms with Crippen molar-refractivity contribution in [3.8, 4) is 5.75 Å². The lowest BCUT2D eigenvalue weighted by atomic mass is 9.81. The van der Waals surface area contributed by atoms with Gasteiger partial charge >= 0.3 is 0 Å². The average Bonchev–Trinajstić information content (AvgIpc) is 2.69. The number of hydrogen-bond acceptors (Lipinski definition) is 3. The molecule has 2 heterocycles. The largest absolute Gasteiger partial charge is 0.494 e. The third-order valence-corrected chi connectivity index (χ3v) is 4.26. The lowest BCUT2D eigenvalue weighted by molar-refractivity contribution is -0.0144. The fourth-order valence-electron chi connectivity index (χ4n) is 3.47. The maximum absolute atomic E-state index is 14.2. The third-order valence-electron chi connectivity index (χ3n) is 4.26. The highest BCUT2D eigenvalue weighted by Gasteiger charge is 2.44. The normalized spacial score (nSPS) is 33.4. The van der Waals surface area contributed by atoms with Crippen LogP contribution in [-0.4, -0.2) is 23.8 Å². The Morgan fingerprint density at radius 2 is 2.05 bits per heavy atom. The van der Waals surface area contributed by atoms with Crippen LogP contribution in [0.1, 0.15) is 38.2 Å². The second kappa shape index (κ2) is 4.76. The van der Waals surface area contributed by atoms with E-state index in [9.17, 15) is 9.50 Å². The van der Waals surface area contributed by atoms with Crippen molar-refractivity contribution >= 4 is 0 Å². The molecule has 0 saturated carbocycles. The summed E-state index contributed by atoms with van der Waals surface area (Å²) in [6.45, 7) is 2.38. The summed E-state index contributed by atoms with van der Waals surface area (Å²) in [7, 11) is 0. The molecule has 2 N–H and O–H groups in total. The maximum Gasteiger partial charge on any atom is 0.132 e. The van der Waals surface area contributed by atoms with Gasteiger partial charge in [0.15, 0.2) is 0 Å². The molecular weight excluding hydrogens is 245 g/mol. The van der Waals surface area contributed by atoms with Gasteiger partial charge in [0.25, 0.3) is 0 Å². The Balaban J connectivity index is 1.88. The number of aliphatic hydroxyl groups is 1. The molecule has 2 fully saturated rings. The first-order valence-corrected chi connectivity index (χ1v) is 7.02. The third kappa shape index (κ3) is 2.35. The van der Waals surface area contributed by atoms with E-state index in [0.29, 0.717) is 42.8 Å². The van der Waals surface area contributed by atoms with E-state index in [2.05, 4.69) is 5.32 Å². The quantitative estimate of drug-likeness (QED) is 0.881. The van der Waals surface area contributed by atoms with Gasteiger partial charge in [-0.3, -0.25) is 0 Å². The van der Waals surface area contributed by atoms with E-state index in [1.807, 2.05) is 6.92 Å². The van der Waals surface area contributed by atoms with E-state index in [4.69, 9.17) is 4.74 Å². The molecule has 0 spiro atoms. The molecular formula is C15H20FNO2. The number of benzene rings is 1. The highest BCUT2D eigenvalue weighted by molar-refractivity contribution is 5.33. The van der Waals surface area contributed by atoms with Gasteiger partial charge in [0, 0.05) is 23.7 Å². The molecule has 2 atom stereocenters. The fourth-order valence-corrected chi connectivity index (χ4v) is 3.47. The summed E-state index contributed by atoms with van der Waals surface area (Å²) < 4.78 is 19.5. The summed E-state index contributed by atoms with van der Waals surface area (Å²) in [5.74, 6) is 0.152. The molecule has 2 bridgehead atoms. The molecule has 2 aliphatic heterocycles. The molecule has 0 amide bonds. The number of ether oxygens (including phenoxy) is 1. The number of halogens is 1. The van der Waals surface area contributed by atoms with Gasteiger partial charge < -0.3 is 15.2 Å². The van der Waals surface area contributed by atoms with Crippen LogP contribution in [0.25, 0.3) is 0 Å². The summed E-state index contributed by atoms with van der Waals surface area (Å²) in [4.78, 5) is 0. The maximum atomic E-state index is 14.2. The van der Waals surface area contributed by atoms with E-state index < -0.39 is 5.60 Å². The van der Waals surface area contributed by atoms with E-state index in [1.165, 1.54) is 6.07 Å². The Morgan fingerprint density at radius 3 is 2.63 bits per heavy atom.